The smallest absolute Gasteiger partial charge is 0.190 e. The van der Waals surface area contributed by atoms with Gasteiger partial charge in [-0.05, 0) is 72.3 Å². The Kier molecular flexibility index (Phi) is 7.86. The van der Waals surface area contributed by atoms with E-state index in [1.807, 2.05) is 12.1 Å². The lowest BCUT2D eigenvalue weighted by Gasteiger charge is -2.52. The minimum Gasteiger partial charge on any atom is -0.507 e. The lowest BCUT2D eigenvalue weighted by atomic mass is 9.49. The van der Waals surface area contributed by atoms with Crippen molar-refractivity contribution in [3.05, 3.63) is 53.1 Å². The van der Waals surface area contributed by atoms with Gasteiger partial charge >= 0.3 is 0 Å². The van der Waals surface area contributed by atoms with Crippen LogP contribution in [0.4, 0.5) is 0 Å². The molecular formula is C35H40O7. The van der Waals surface area contributed by atoms with Crippen LogP contribution in [0.5, 0.6) is 5.75 Å². The second-order valence-corrected chi connectivity index (χ2v) is 13.1. The molecule has 222 valence electrons. The van der Waals surface area contributed by atoms with E-state index in [9.17, 15) is 34.2 Å². The molecule has 42 heavy (non-hydrogen) atoms. The van der Waals surface area contributed by atoms with Crippen LogP contribution >= 0.6 is 0 Å². The van der Waals surface area contributed by atoms with Crippen molar-refractivity contribution in [2.24, 2.45) is 41.4 Å². The van der Waals surface area contributed by atoms with Gasteiger partial charge in [0, 0.05) is 11.8 Å². The van der Waals surface area contributed by atoms with Gasteiger partial charge in [-0.15, -0.1) is 0 Å². The molecule has 3 aliphatic rings. The first kappa shape index (κ1) is 30.0. The van der Waals surface area contributed by atoms with Crippen molar-refractivity contribution in [3.63, 3.8) is 0 Å². The van der Waals surface area contributed by atoms with Crippen LogP contribution in [0.2, 0.25) is 0 Å². The molecule has 0 aromatic heterocycles. The number of hydrogen-bond donors (Lipinski definition) is 2. The third kappa shape index (κ3) is 4.57. The number of aromatic hydroxyl groups is 1. The first-order chi connectivity index (χ1) is 19.8. The summed E-state index contributed by atoms with van der Waals surface area (Å²) in [6, 6.07) is 11.4. The molecule has 0 saturated heterocycles. The maximum Gasteiger partial charge on any atom is 0.190 e. The van der Waals surface area contributed by atoms with E-state index < -0.39 is 64.1 Å². The largest absolute Gasteiger partial charge is 0.507 e. The van der Waals surface area contributed by atoms with E-state index in [0.29, 0.717) is 11.5 Å². The van der Waals surface area contributed by atoms with Gasteiger partial charge in [-0.2, -0.15) is 0 Å². The van der Waals surface area contributed by atoms with E-state index in [-0.39, 0.29) is 30.1 Å². The van der Waals surface area contributed by atoms with Crippen molar-refractivity contribution < 1.29 is 34.2 Å². The zero-order chi connectivity index (χ0) is 30.7. The average molecular weight is 573 g/mol. The highest BCUT2D eigenvalue weighted by Crippen LogP contribution is 2.53. The maximum absolute atomic E-state index is 14.0. The Morgan fingerprint density at radius 3 is 2.26 bits per heavy atom. The van der Waals surface area contributed by atoms with E-state index in [1.54, 1.807) is 19.9 Å². The summed E-state index contributed by atoms with van der Waals surface area (Å²) in [5, 5.41) is 22.6. The fourth-order valence-corrected chi connectivity index (χ4v) is 8.06. The topological polar surface area (TPSA) is 126 Å². The number of carbonyl (C=O) groups is 5. The Bertz CT molecular complexity index is 1470. The quantitative estimate of drug-likeness (QED) is 0.449. The first-order valence-corrected chi connectivity index (χ1v) is 15.2. The van der Waals surface area contributed by atoms with E-state index >= 15 is 0 Å². The molecule has 0 amide bonds. The summed E-state index contributed by atoms with van der Waals surface area (Å²) >= 11 is 0. The van der Waals surface area contributed by atoms with Gasteiger partial charge in [0.25, 0.3) is 0 Å². The number of phenols is 1. The summed E-state index contributed by atoms with van der Waals surface area (Å²) in [7, 11) is 0. The molecule has 2 aromatic rings. The number of phenolic OH excluding ortho intramolecular Hbond substituents is 1. The Morgan fingerprint density at radius 2 is 1.67 bits per heavy atom. The van der Waals surface area contributed by atoms with Crippen LogP contribution in [-0.4, -0.2) is 44.7 Å². The van der Waals surface area contributed by atoms with Crippen molar-refractivity contribution in [2.45, 2.75) is 72.3 Å². The maximum atomic E-state index is 14.0. The van der Waals surface area contributed by atoms with E-state index in [0.717, 1.165) is 37.3 Å². The lowest BCUT2D eigenvalue weighted by Crippen LogP contribution is -2.70. The second kappa shape index (κ2) is 11.0. The number of carbonyl (C=O) groups excluding carboxylic acids is 5. The Hall–Kier alpha value is -3.45. The molecule has 2 aromatic carbocycles. The minimum atomic E-state index is -2.61. The van der Waals surface area contributed by atoms with Gasteiger partial charge in [0.2, 0.25) is 0 Å². The van der Waals surface area contributed by atoms with Crippen LogP contribution in [0.25, 0.3) is 11.1 Å². The highest BCUT2D eigenvalue weighted by molar-refractivity contribution is 6.32. The average Bonchev–Trinajstić information content (AvgIpc) is 2.91. The van der Waals surface area contributed by atoms with Crippen LogP contribution in [0.15, 0.2) is 36.4 Å². The van der Waals surface area contributed by atoms with Gasteiger partial charge in [0.1, 0.15) is 17.5 Å². The highest BCUT2D eigenvalue weighted by Gasteiger charge is 2.68. The Balaban J connectivity index is 1.56. The number of ketones is 5. The van der Waals surface area contributed by atoms with Crippen LogP contribution in [0, 0.1) is 41.4 Å². The number of aliphatic hydroxyl groups is 1. The second-order valence-electron chi connectivity index (χ2n) is 13.1. The van der Waals surface area contributed by atoms with E-state index in [2.05, 4.69) is 26.0 Å². The predicted octanol–water partition coefficient (Wildman–Crippen LogP) is 4.96. The number of hydrogen-bond acceptors (Lipinski definition) is 7. The fourth-order valence-electron chi connectivity index (χ4n) is 8.06. The SMILES string of the molecule is CCCC(C)Cc1ccc(-c2ccc(O)c3c2CC2CC4C(C(C)C)C(=O)C(C(C)=O)C(=O)C4(O)C(=O)C2C3=O)cc1. The molecule has 2 fully saturated rings. The van der Waals surface area contributed by atoms with Gasteiger partial charge < -0.3 is 10.2 Å². The van der Waals surface area contributed by atoms with Crippen molar-refractivity contribution in [1.29, 1.82) is 0 Å². The Labute approximate surface area is 246 Å². The zero-order valence-corrected chi connectivity index (χ0v) is 25.0. The molecule has 0 aliphatic heterocycles. The highest BCUT2D eigenvalue weighted by atomic mass is 16.3. The number of fused-ring (bicyclic) bond motifs is 3. The molecule has 0 spiro atoms. The van der Waals surface area contributed by atoms with Crippen molar-refractivity contribution in [2.75, 3.05) is 0 Å². The van der Waals surface area contributed by atoms with Crippen LogP contribution in [0.1, 0.15) is 75.4 Å². The van der Waals surface area contributed by atoms with Gasteiger partial charge in [-0.25, -0.2) is 0 Å². The summed E-state index contributed by atoms with van der Waals surface area (Å²) in [5.74, 6) is -9.54. The third-order valence-corrected chi connectivity index (χ3v) is 9.95. The normalized spacial score (nSPS) is 29.6. The summed E-state index contributed by atoms with van der Waals surface area (Å²) in [5.41, 5.74) is 0.941. The first-order valence-electron chi connectivity index (χ1n) is 15.2. The zero-order valence-electron chi connectivity index (χ0n) is 25.0. The molecule has 7 heteroatoms. The van der Waals surface area contributed by atoms with Gasteiger partial charge in [0.05, 0.1) is 11.5 Å². The van der Waals surface area contributed by atoms with E-state index in [4.69, 9.17) is 0 Å². The minimum absolute atomic E-state index is 0.0349. The Morgan fingerprint density at radius 1 is 1.00 bits per heavy atom. The molecule has 5 rings (SSSR count). The molecule has 2 saturated carbocycles. The summed E-state index contributed by atoms with van der Waals surface area (Å²) in [6.07, 6.45) is 3.62. The monoisotopic (exact) mass is 572 g/mol. The van der Waals surface area contributed by atoms with Crippen molar-refractivity contribution in [1.82, 2.24) is 0 Å². The molecule has 3 aliphatic carbocycles. The standard InChI is InChI=1S/C35H40O7/c1-6-7-18(4)14-20-8-10-21(11-9-20)23-12-13-26(37)30-24(23)15-22-16-25-27(17(2)3)31(38)28(19(5)36)33(40)35(25,42)34(41)29(22)32(30)39/h8-13,17-18,22,25,27-29,37,42H,6-7,14-16H2,1-5H3. The third-order valence-electron chi connectivity index (χ3n) is 9.95. The summed E-state index contributed by atoms with van der Waals surface area (Å²) in [4.78, 5) is 67.3. The van der Waals surface area contributed by atoms with E-state index in [1.165, 1.54) is 11.6 Å². The molecular weight excluding hydrogens is 532 g/mol. The number of rotatable bonds is 7. The molecule has 0 radical (unpaired) electrons. The summed E-state index contributed by atoms with van der Waals surface area (Å²) < 4.78 is 0. The lowest BCUT2D eigenvalue weighted by molar-refractivity contribution is -0.182. The molecule has 7 nitrogen and oxygen atoms in total. The molecule has 0 heterocycles. The number of Topliss-reactive ketones (excluding diaryl/α,β-unsaturated/α-hetero) is 5. The number of benzene rings is 2. The molecule has 7 unspecified atom stereocenters. The van der Waals surface area contributed by atoms with Crippen LogP contribution in [-0.2, 0) is 32.0 Å². The van der Waals surface area contributed by atoms with Crippen LogP contribution in [0.3, 0.4) is 0 Å². The van der Waals surface area contributed by atoms with Gasteiger partial charge in [-0.1, -0.05) is 70.9 Å². The molecule has 7 atom stereocenters. The summed E-state index contributed by atoms with van der Waals surface area (Å²) in [6.45, 7) is 9.07. The van der Waals surface area contributed by atoms with Gasteiger partial charge in [-0.3, -0.25) is 24.0 Å². The molecule has 0 bridgehead atoms. The predicted molar refractivity (Wildman–Crippen MR) is 157 cm³/mol. The van der Waals surface area contributed by atoms with Crippen molar-refractivity contribution in [3.8, 4) is 16.9 Å². The van der Waals surface area contributed by atoms with Gasteiger partial charge in [0.15, 0.2) is 28.7 Å². The fraction of sp³-hybridized carbons (Fsp3) is 0.514. The molecule has 2 N–H and O–H groups in total. The van der Waals surface area contributed by atoms with Crippen LogP contribution < -0.4 is 0 Å². The van der Waals surface area contributed by atoms with Crippen molar-refractivity contribution >= 4 is 28.9 Å².